The molecule has 102 valence electrons. The Morgan fingerprint density at radius 2 is 2.10 bits per heavy atom. The maximum atomic E-state index is 4.48. The molecule has 20 heavy (non-hydrogen) atoms. The Balaban J connectivity index is 1.67. The standard InChI is InChI=1S/C16H18N4/c1-13(11-20-9-8-17-12-20)19-10-15-5-2-4-14-6-3-7-18-16(14)15/h2-9,12-13,19H,10-11H2,1H3/t13-/m0/s1. The molecule has 0 aliphatic heterocycles. The third kappa shape index (κ3) is 2.86. The van der Waals surface area contributed by atoms with Gasteiger partial charge in [-0.25, -0.2) is 4.98 Å². The fourth-order valence-electron chi connectivity index (χ4n) is 2.37. The van der Waals surface area contributed by atoms with Crippen molar-refractivity contribution in [3.8, 4) is 0 Å². The van der Waals surface area contributed by atoms with Crippen LogP contribution < -0.4 is 5.32 Å². The van der Waals surface area contributed by atoms with Gasteiger partial charge in [0.15, 0.2) is 0 Å². The van der Waals surface area contributed by atoms with E-state index in [0.29, 0.717) is 6.04 Å². The molecule has 0 saturated heterocycles. The summed E-state index contributed by atoms with van der Waals surface area (Å²) in [6, 6.07) is 10.8. The SMILES string of the molecule is C[C@@H](Cn1ccnc1)NCc1cccc2cccnc12. The first kappa shape index (κ1) is 12.8. The molecule has 0 amide bonds. The van der Waals surface area contributed by atoms with E-state index in [0.717, 1.165) is 18.6 Å². The van der Waals surface area contributed by atoms with Gasteiger partial charge in [-0.1, -0.05) is 24.3 Å². The lowest BCUT2D eigenvalue weighted by Gasteiger charge is -2.15. The van der Waals surface area contributed by atoms with Crippen molar-refractivity contribution in [1.82, 2.24) is 19.9 Å². The van der Waals surface area contributed by atoms with Crippen molar-refractivity contribution in [2.24, 2.45) is 0 Å². The summed E-state index contributed by atoms with van der Waals surface area (Å²) >= 11 is 0. The predicted molar refractivity (Wildman–Crippen MR) is 80.3 cm³/mol. The molecule has 1 aromatic carbocycles. The van der Waals surface area contributed by atoms with Crippen LogP contribution in [0.1, 0.15) is 12.5 Å². The highest BCUT2D eigenvalue weighted by Gasteiger charge is 2.05. The van der Waals surface area contributed by atoms with Gasteiger partial charge < -0.3 is 9.88 Å². The van der Waals surface area contributed by atoms with E-state index >= 15 is 0 Å². The summed E-state index contributed by atoms with van der Waals surface area (Å²) in [6.07, 6.45) is 7.48. The molecule has 3 aromatic rings. The number of nitrogens with one attached hydrogen (secondary N) is 1. The van der Waals surface area contributed by atoms with Crippen LogP contribution in [0.3, 0.4) is 0 Å². The highest BCUT2D eigenvalue weighted by atomic mass is 15.1. The van der Waals surface area contributed by atoms with E-state index in [1.165, 1.54) is 10.9 Å². The van der Waals surface area contributed by atoms with Gasteiger partial charge in [-0.05, 0) is 18.6 Å². The minimum atomic E-state index is 0.378. The fourth-order valence-corrected chi connectivity index (χ4v) is 2.37. The largest absolute Gasteiger partial charge is 0.336 e. The molecule has 1 atom stereocenters. The normalized spacial score (nSPS) is 12.7. The molecule has 3 rings (SSSR count). The van der Waals surface area contributed by atoms with E-state index in [2.05, 4.69) is 51.0 Å². The topological polar surface area (TPSA) is 42.7 Å². The van der Waals surface area contributed by atoms with E-state index in [9.17, 15) is 0 Å². The maximum absolute atomic E-state index is 4.48. The minimum absolute atomic E-state index is 0.378. The van der Waals surface area contributed by atoms with Crippen LogP contribution in [-0.2, 0) is 13.1 Å². The Bertz CT molecular complexity index is 671. The molecule has 0 bridgehead atoms. The van der Waals surface area contributed by atoms with E-state index in [-0.39, 0.29) is 0 Å². The van der Waals surface area contributed by atoms with Crippen LogP contribution in [0.5, 0.6) is 0 Å². The summed E-state index contributed by atoms with van der Waals surface area (Å²) in [5.41, 5.74) is 2.32. The van der Waals surface area contributed by atoms with Crippen molar-refractivity contribution in [2.45, 2.75) is 26.1 Å². The molecule has 0 saturated carbocycles. The first-order valence-electron chi connectivity index (χ1n) is 6.84. The number of hydrogen-bond acceptors (Lipinski definition) is 3. The Labute approximate surface area is 118 Å². The monoisotopic (exact) mass is 266 g/mol. The molecular weight excluding hydrogens is 248 g/mol. The molecule has 2 aromatic heterocycles. The molecule has 0 radical (unpaired) electrons. The highest BCUT2D eigenvalue weighted by Crippen LogP contribution is 2.15. The zero-order valence-electron chi connectivity index (χ0n) is 11.5. The van der Waals surface area contributed by atoms with Crippen LogP contribution in [0.25, 0.3) is 10.9 Å². The van der Waals surface area contributed by atoms with Crippen molar-refractivity contribution in [1.29, 1.82) is 0 Å². The molecule has 0 fully saturated rings. The zero-order valence-corrected chi connectivity index (χ0v) is 11.5. The summed E-state index contributed by atoms with van der Waals surface area (Å²) in [5, 5.41) is 4.73. The van der Waals surface area contributed by atoms with E-state index in [1.54, 1.807) is 6.20 Å². The molecular formula is C16H18N4. The molecule has 1 N–H and O–H groups in total. The average molecular weight is 266 g/mol. The number of nitrogens with zero attached hydrogens (tertiary/aromatic N) is 3. The molecule has 4 nitrogen and oxygen atoms in total. The van der Waals surface area contributed by atoms with Crippen molar-refractivity contribution in [3.63, 3.8) is 0 Å². The van der Waals surface area contributed by atoms with Gasteiger partial charge >= 0.3 is 0 Å². The van der Waals surface area contributed by atoms with Crippen LogP contribution in [0.4, 0.5) is 0 Å². The quantitative estimate of drug-likeness (QED) is 0.772. The lowest BCUT2D eigenvalue weighted by atomic mass is 10.1. The first-order valence-corrected chi connectivity index (χ1v) is 6.84. The number of hydrogen-bond donors (Lipinski definition) is 1. The Morgan fingerprint density at radius 3 is 2.95 bits per heavy atom. The van der Waals surface area contributed by atoms with Crippen molar-refractivity contribution in [2.75, 3.05) is 0 Å². The van der Waals surface area contributed by atoms with E-state index in [1.807, 2.05) is 24.8 Å². The number of fused-ring (bicyclic) bond motifs is 1. The third-order valence-electron chi connectivity index (χ3n) is 3.40. The molecule has 2 heterocycles. The lowest BCUT2D eigenvalue weighted by molar-refractivity contribution is 0.477. The van der Waals surface area contributed by atoms with Gasteiger partial charge in [-0.3, -0.25) is 4.98 Å². The van der Waals surface area contributed by atoms with E-state index < -0.39 is 0 Å². The summed E-state index contributed by atoms with van der Waals surface area (Å²) in [7, 11) is 0. The first-order chi connectivity index (χ1) is 9.83. The van der Waals surface area contributed by atoms with Crippen LogP contribution in [0.15, 0.2) is 55.2 Å². The van der Waals surface area contributed by atoms with Gasteiger partial charge in [-0.15, -0.1) is 0 Å². The number of benzene rings is 1. The molecule has 0 aliphatic rings. The van der Waals surface area contributed by atoms with Crippen LogP contribution in [0, 0.1) is 0 Å². The smallest absolute Gasteiger partial charge is 0.0946 e. The second-order valence-electron chi connectivity index (χ2n) is 5.03. The van der Waals surface area contributed by atoms with Crippen molar-refractivity contribution < 1.29 is 0 Å². The molecule has 0 unspecified atom stereocenters. The summed E-state index contributed by atoms with van der Waals surface area (Å²) in [6.45, 7) is 3.92. The fraction of sp³-hybridized carbons (Fsp3) is 0.250. The second kappa shape index (κ2) is 5.84. The van der Waals surface area contributed by atoms with Crippen molar-refractivity contribution in [3.05, 3.63) is 60.8 Å². The molecule has 0 spiro atoms. The highest BCUT2D eigenvalue weighted by molar-refractivity contribution is 5.81. The van der Waals surface area contributed by atoms with Gasteiger partial charge in [0.25, 0.3) is 0 Å². The van der Waals surface area contributed by atoms with Gasteiger partial charge in [0.1, 0.15) is 0 Å². The summed E-state index contributed by atoms with van der Waals surface area (Å²) in [5.74, 6) is 0. The number of rotatable bonds is 5. The lowest BCUT2D eigenvalue weighted by Crippen LogP contribution is -2.29. The average Bonchev–Trinajstić information content (AvgIpc) is 2.98. The van der Waals surface area contributed by atoms with Gasteiger partial charge in [0.05, 0.1) is 11.8 Å². The third-order valence-corrected chi connectivity index (χ3v) is 3.40. The van der Waals surface area contributed by atoms with E-state index in [4.69, 9.17) is 0 Å². The summed E-state index contributed by atoms with van der Waals surface area (Å²) < 4.78 is 2.08. The zero-order chi connectivity index (χ0) is 13.8. The van der Waals surface area contributed by atoms with Gasteiger partial charge in [-0.2, -0.15) is 0 Å². The number of para-hydroxylation sites is 1. The summed E-state index contributed by atoms with van der Waals surface area (Å²) in [4.78, 5) is 8.54. The predicted octanol–water partition coefficient (Wildman–Crippen LogP) is 2.61. The minimum Gasteiger partial charge on any atom is -0.336 e. The van der Waals surface area contributed by atoms with Gasteiger partial charge in [0.2, 0.25) is 0 Å². The Hall–Kier alpha value is -2.20. The number of imidazole rings is 1. The van der Waals surface area contributed by atoms with Gasteiger partial charge in [0, 0.05) is 43.1 Å². The van der Waals surface area contributed by atoms with Crippen LogP contribution in [-0.4, -0.2) is 20.6 Å². The number of aromatic nitrogens is 3. The van der Waals surface area contributed by atoms with Crippen LogP contribution >= 0.6 is 0 Å². The molecule has 4 heteroatoms. The Kier molecular flexibility index (Phi) is 3.74. The van der Waals surface area contributed by atoms with Crippen molar-refractivity contribution >= 4 is 10.9 Å². The second-order valence-corrected chi connectivity index (χ2v) is 5.03. The van der Waals surface area contributed by atoms with Crippen LogP contribution in [0.2, 0.25) is 0 Å². The molecule has 0 aliphatic carbocycles. The number of pyridine rings is 1. The Morgan fingerprint density at radius 1 is 1.20 bits per heavy atom. The maximum Gasteiger partial charge on any atom is 0.0946 e.